The highest BCUT2D eigenvalue weighted by atomic mass is 35.5. The first-order chi connectivity index (χ1) is 10.1. The van der Waals surface area contributed by atoms with Crippen LogP contribution in [0.4, 0.5) is 0 Å². The summed E-state index contributed by atoms with van der Waals surface area (Å²) in [5.74, 6) is 1.36. The van der Waals surface area contributed by atoms with Crippen molar-refractivity contribution in [3.05, 3.63) is 40.4 Å². The Kier molecular flexibility index (Phi) is 3.68. The summed E-state index contributed by atoms with van der Waals surface area (Å²) in [5, 5.41) is 5.17. The minimum Gasteiger partial charge on any atom is -0.369 e. The van der Waals surface area contributed by atoms with Crippen LogP contribution in [0.15, 0.2) is 18.2 Å². The van der Waals surface area contributed by atoms with Crippen molar-refractivity contribution in [3.8, 4) is 5.69 Å². The number of rotatable bonds is 4. The number of nitrogens with zero attached hydrogens (tertiary/aromatic N) is 3. The highest BCUT2D eigenvalue weighted by Crippen LogP contribution is 2.37. The Morgan fingerprint density at radius 2 is 2.24 bits per heavy atom. The van der Waals surface area contributed by atoms with Gasteiger partial charge in [-0.1, -0.05) is 24.1 Å². The number of hydrogen-bond donors (Lipinski definition) is 1. The molecule has 1 aliphatic carbocycles. The third-order valence-electron chi connectivity index (χ3n) is 3.95. The highest BCUT2D eigenvalue weighted by molar-refractivity contribution is 6.31. The fraction of sp³-hybridized carbons (Fsp3) is 0.400. The molecule has 21 heavy (non-hydrogen) atoms. The van der Waals surface area contributed by atoms with Crippen LogP contribution in [-0.2, 0) is 11.2 Å². The van der Waals surface area contributed by atoms with Gasteiger partial charge in [-0.25, -0.2) is 9.67 Å². The maximum Gasteiger partial charge on any atom is 0.225 e. The Bertz CT molecular complexity index is 691. The van der Waals surface area contributed by atoms with Gasteiger partial charge in [0.25, 0.3) is 0 Å². The van der Waals surface area contributed by atoms with Gasteiger partial charge in [0.05, 0.1) is 12.1 Å². The SMILES string of the molecule is Cc1c(Cl)cccc1-n1nc(CC(N)=O)nc1C1CCC1. The molecule has 2 N–H and O–H groups in total. The smallest absolute Gasteiger partial charge is 0.225 e. The van der Waals surface area contributed by atoms with Crippen molar-refractivity contribution in [1.29, 1.82) is 0 Å². The van der Waals surface area contributed by atoms with Crippen molar-refractivity contribution in [3.63, 3.8) is 0 Å². The van der Waals surface area contributed by atoms with Gasteiger partial charge in [-0.15, -0.1) is 0 Å². The standard InChI is InChI=1S/C15H17ClN4O/c1-9-11(16)6-3-7-12(9)20-15(10-4-2-5-10)18-14(19-20)8-13(17)21/h3,6-7,10H,2,4-5,8H2,1H3,(H2,17,21). The molecule has 0 aliphatic heterocycles. The second-order valence-electron chi connectivity index (χ2n) is 5.45. The van der Waals surface area contributed by atoms with Gasteiger partial charge in [-0.2, -0.15) is 5.10 Å². The zero-order valence-electron chi connectivity index (χ0n) is 11.8. The van der Waals surface area contributed by atoms with Crippen LogP contribution in [0.1, 0.15) is 42.4 Å². The van der Waals surface area contributed by atoms with Crippen molar-refractivity contribution in [2.24, 2.45) is 5.73 Å². The van der Waals surface area contributed by atoms with Gasteiger partial charge < -0.3 is 5.73 Å². The molecule has 1 aromatic carbocycles. The average molecular weight is 305 g/mol. The Morgan fingerprint density at radius 3 is 2.86 bits per heavy atom. The Morgan fingerprint density at radius 1 is 1.48 bits per heavy atom. The molecule has 1 aliphatic rings. The maximum atomic E-state index is 11.1. The molecule has 3 rings (SSSR count). The van der Waals surface area contributed by atoms with E-state index in [0.29, 0.717) is 16.8 Å². The Labute approximate surface area is 128 Å². The summed E-state index contributed by atoms with van der Waals surface area (Å²) >= 11 is 6.20. The minimum atomic E-state index is -0.421. The third kappa shape index (κ3) is 2.65. The third-order valence-corrected chi connectivity index (χ3v) is 4.36. The number of carbonyl (C=O) groups is 1. The summed E-state index contributed by atoms with van der Waals surface area (Å²) in [4.78, 5) is 15.6. The molecule has 1 heterocycles. The number of aromatic nitrogens is 3. The van der Waals surface area contributed by atoms with Crippen LogP contribution < -0.4 is 5.73 Å². The molecule has 6 heteroatoms. The topological polar surface area (TPSA) is 73.8 Å². The first-order valence-electron chi connectivity index (χ1n) is 7.06. The molecule has 2 aromatic rings. The fourth-order valence-electron chi connectivity index (χ4n) is 2.53. The van der Waals surface area contributed by atoms with E-state index in [1.165, 1.54) is 6.42 Å². The molecule has 1 saturated carbocycles. The van der Waals surface area contributed by atoms with Gasteiger partial charge in [0, 0.05) is 10.9 Å². The molecule has 1 amide bonds. The van der Waals surface area contributed by atoms with E-state index in [9.17, 15) is 4.79 Å². The zero-order chi connectivity index (χ0) is 15.0. The normalized spacial score (nSPS) is 15.0. The number of hydrogen-bond acceptors (Lipinski definition) is 3. The largest absolute Gasteiger partial charge is 0.369 e. The molecule has 0 radical (unpaired) electrons. The highest BCUT2D eigenvalue weighted by Gasteiger charge is 2.27. The van der Waals surface area contributed by atoms with Crippen molar-refractivity contribution in [1.82, 2.24) is 14.8 Å². The summed E-state index contributed by atoms with van der Waals surface area (Å²) < 4.78 is 1.82. The van der Waals surface area contributed by atoms with E-state index < -0.39 is 5.91 Å². The first-order valence-corrected chi connectivity index (χ1v) is 7.43. The average Bonchev–Trinajstić information content (AvgIpc) is 2.73. The molecule has 1 fully saturated rings. The van der Waals surface area contributed by atoms with Crippen LogP contribution >= 0.6 is 11.6 Å². The molecule has 5 nitrogen and oxygen atoms in total. The summed E-state index contributed by atoms with van der Waals surface area (Å²) in [6.45, 7) is 1.96. The van der Waals surface area contributed by atoms with Crippen molar-refractivity contribution < 1.29 is 4.79 Å². The lowest BCUT2D eigenvalue weighted by Crippen LogP contribution is -2.15. The van der Waals surface area contributed by atoms with E-state index in [1.54, 1.807) is 0 Å². The molecule has 1 aromatic heterocycles. The van der Waals surface area contributed by atoms with E-state index in [4.69, 9.17) is 17.3 Å². The lowest BCUT2D eigenvalue weighted by molar-refractivity contribution is -0.117. The van der Waals surface area contributed by atoms with Gasteiger partial charge >= 0.3 is 0 Å². The van der Waals surface area contributed by atoms with E-state index in [1.807, 2.05) is 29.8 Å². The summed E-state index contributed by atoms with van der Waals surface area (Å²) in [7, 11) is 0. The van der Waals surface area contributed by atoms with Gasteiger partial charge in [0.15, 0.2) is 5.82 Å². The van der Waals surface area contributed by atoms with Gasteiger partial charge in [-0.05, 0) is 37.5 Å². The van der Waals surface area contributed by atoms with Crippen LogP contribution in [0.5, 0.6) is 0 Å². The van der Waals surface area contributed by atoms with Gasteiger partial charge in [0.1, 0.15) is 5.82 Å². The number of halogens is 1. The van der Waals surface area contributed by atoms with E-state index in [0.717, 1.165) is 29.9 Å². The molecular weight excluding hydrogens is 288 g/mol. The lowest BCUT2D eigenvalue weighted by Gasteiger charge is -2.25. The number of primary amides is 1. The van der Waals surface area contributed by atoms with Crippen LogP contribution in [0.25, 0.3) is 5.69 Å². The molecule has 0 spiro atoms. The summed E-state index contributed by atoms with van der Waals surface area (Å²) in [5.41, 5.74) is 7.11. The van der Waals surface area contributed by atoms with E-state index in [2.05, 4.69) is 10.1 Å². The number of benzene rings is 1. The minimum absolute atomic E-state index is 0.0618. The van der Waals surface area contributed by atoms with Crippen molar-refractivity contribution in [2.75, 3.05) is 0 Å². The zero-order valence-corrected chi connectivity index (χ0v) is 12.6. The number of carbonyl (C=O) groups excluding carboxylic acids is 1. The maximum absolute atomic E-state index is 11.1. The van der Waals surface area contributed by atoms with Crippen molar-refractivity contribution in [2.45, 2.75) is 38.5 Å². The van der Waals surface area contributed by atoms with Crippen LogP contribution in [0.3, 0.4) is 0 Å². The van der Waals surface area contributed by atoms with E-state index in [-0.39, 0.29) is 6.42 Å². The number of amides is 1. The summed E-state index contributed by atoms with van der Waals surface area (Å²) in [6.07, 6.45) is 3.48. The number of nitrogens with two attached hydrogens (primary N) is 1. The Balaban J connectivity index is 2.08. The molecule has 0 atom stereocenters. The van der Waals surface area contributed by atoms with Crippen LogP contribution in [0, 0.1) is 6.92 Å². The van der Waals surface area contributed by atoms with Crippen LogP contribution in [-0.4, -0.2) is 20.7 Å². The van der Waals surface area contributed by atoms with Crippen LogP contribution in [0.2, 0.25) is 5.02 Å². The van der Waals surface area contributed by atoms with E-state index >= 15 is 0 Å². The first kappa shape index (κ1) is 14.1. The molecule has 0 unspecified atom stereocenters. The predicted octanol–water partition coefficient (Wildman–Crippen LogP) is 2.52. The second-order valence-corrected chi connectivity index (χ2v) is 5.86. The monoisotopic (exact) mass is 304 g/mol. The molecule has 110 valence electrons. The summed E-state index contributed by atoms with van der Waals surface area (Å²) in [6, 6.07) is 5.71. The van der Waals surface area contributed by atoms with Gasteiger partial charge in [0.2, 0.25) is 5.91 Å². The molecular formula is C15H17ClN4O. The van der Waals surface area contributed by atoms with Crippen molar-refractivity contribution >= 4 is 17.5 Å². The predicted molar refractivity (Wildman–Crippen MR) is 80.6 cm³/mol. The second kappa shape index (κ2) is 5.48. The molecule has 0 bridgehead atoms. The quantitative estimate of drug-likeness (QED) is 0.943. The Hall–Kier alpha value is -1.88. The fourth-order valence-corrected chi connectivity index (χ4v) is 2.70. The van der Waals surface area contributed by atoms with Gasteiger partial charge in [-0.3, -0.25) is 4.79 Å². The molecule has 0 saturated heterocycles. The lowest BCUT2D eigenvalue weighted by atomic mass is 9.85.